The molecule has 3 fully saturated rings. The number of rotatable bonds is 8. The normalized spacial score (nSPS) is 33.0. The molecule has 3 saturated heterocycles. The van der Waals surface area contributed by atoms with E-state index in [1.165, 1.54) is 0 Å². The summed E-state index contributed by atoms with van der Waals surface area (Å²) in [7, 11) is 0. The average Bonchev–Trinajstić information content (AvgIpc) is 3.32. The van der Waals surface area contributed by atoms with E-state index in [-0.39, 0.29) is 41.5 Å². The van der Waals surface area contributed by atoms with Gasteiger partial charge < -0.3 is 20.6 Å². The van der Waals surface area contributed by atoms with E-state index in [9.17, 15) is 19.5 Å². The number of unbranched alkanes of at least 4 members (excludes halogenated alkanes) is 1. The molecule has 0 aromatic heterocycles. The number of benzene rings is 1. The predicted molar refractivity (Wildman–Crippen MR) is 125 cm³/mol. The van der Waals surface area contributed by atoms with Gasteiger partial charge in [0, 0.05) is 30.1 Å². The fourth-order valence-corrected chi connectivity index (χ4v) is 8.29. The van der Waals surface area contributed by atoms with Crippen molar-refractivity contribution in [1.29, 1.82) is 0 Å². The van der Waals surface area contributed by atoms with Gasteiger partial charge in [0.05, 0.1) is 16.6 Å². The predicted octanol–water partition coefficient (Wildman–Crippen LogP) is 2.26. The van der Waals surface area contributed by atoms with Crippen LogP contribution in [-0.2, 0) is 14.4 Å². The van der Waals surface area contributed by atoms with Crippen molar-refractivity contribution < 1.29 is 19.5 Å². The standard InChI is InChI=1S/C24H33N3O4S/c1-14(2)25-22(30)20-24-15(3)13-17(32-24)18(21(29)26-16-9-5-4-6-10-16)19(24)23(31)27(20)11-7-8-12-28/h4-6,9-10,14-15,17-20,28H,7-8,11-13H2,1-3H3,(H,25,30)(H,26,29)/t15?,17-,18+,19-,20?,24?/m0/s1. The van der Waals surface area contributed by atoms with Gasteiger partial charge in [0.15, 0.2) is 0 Å². The number of carbonyl (C=O) groups excluding carboxylic acids is 3. The molecule has 1 aromatic carbocycles. The van der Waals surface area contributed by atoms with Crippen molar-refractivity contribution in [2.75, 3.05) is 18.5 Å². The Labute approximate surface area is 193 Å². The molecule has 3 N–H and O–H groups in total. The van der Waals surface area contributed by atoms with Gasteiger partial charge in [-0.05, 0) is 51.2 Å². The minimum absolute atomic E-state index is 0.0246. The lowest BCUT2D eigenvalue weighted by molar-refractivity contribution is -0.139. The van der Waals surface area contributed by atoms with Gasteiger partial charge in [0.25, 0.3) is 0 Å². The molecule has 4 rings (SSSR count). The Kier molecular flexibility index (Phi) is 6.54. The maximum absolute atomic E-state index is 13.8. The highest BCUT2D eigenvalue weighted by molar-refractivity contribution is 8.02. The number of para-hydroxylation sites is 1. The van der Waals surface area contributed by atoms with Crippen LogP contribution in [0.4, 0.5) is 5.69 Å². The van der Waals surface area contributed by atoms with Gasteiger partial charge >= 0.3 is 0 Å². The first-order chi connectivity index (χ1) is 15.3. The highest BCUT2D eigenvalue weighted by Gasteiger charge is 2.75. The van der Waals surface area contributed by atoms with Gasteiger partial charge in [-0.3, -0.25) is 14.4 Å². The van der Waals surface area contributed by atoms with E-state index in [1.807, 2.05) is 44.2 Å². The molecule has 7 nitrogen and oxygen atoms in total. The van der Waals surface area contributed by atoms with Gasteiger partial charge in [-0.2, -0.15) is 0 Å². The molecule has 3 aliphatic rings. The Morgan fingerprint density at radius 2 is 1.94 bits per heavy atom. The summed E-state index contributed by atoms with van der Waals surface area (Å²) in [6.07, 6.45) is 2.01. The molecule has 0 aliphatic carbocycles. The van der Waals surface area contributed by atoms with Gasteiger partial charge in [-0.15, -0.1) is 11.8 Å². The number of nitrogens with zero attached hydrogens (tertiary/aromatic N) is 1. The molecule has 3 heterocycles. The van der Waals surface area contributed by atoms with Crippen molar-refractivity contribution >= 4 is 35.2 Å². The second kappa shape index (κ2) is 9.06. The first-order valence-electron chi connectivity index (χ1n) is 11.6. The fraction of sp³-hybridized carbons (Fsp3) is 0.625. The van der Waals surface area contributed by atoms with Crippen molar-refractivity contribution in [3.05, 3.63) is 30.3 Å². The van der Waals surface area contributed by atoms with E-state index in [0.717, 1.165) is 6.42 Å². The van der Waals surface area contributed by atoms with Crippen molar-refractivity contribution in [2.45, 2.75) is 62.1 Å². The lowest BCUT2D eigenvalue weighted by atomic mass is 9.66. The van der Waals surface area contributed by atoms with Gasteiger partial charge in [0.2, 0.25) is 17.7 Å². The summed E-state index contributed by atoms with van der Waals surface area (Å²) in [5, 5.41) is 15.3. The number of hydrogen-bond acceptors (Lipinski definition) is 5. The number of amides is 3. The minimum Gasteiger partial charge on any atom is -0.396 e. The molecule has 0 radical (unpaired) electrons. The van der Waals surface area contributed by atoms with Crippen LogP contribution in [0.1, 0.15) is 40.0 Å². The molecule has 6 atom stereocenters. The maximum Gasteiger partial charge on any atom is 0.244 e. The Morgan fingerprint density at radius 1 is 1.22 bits per heavy atom. The van der Waals surface area contributed by atoms with Crippen molar-refractivity contribution in [3.8, 4) is 0 Å². The number of likely N-dealkylation sites (tertiary alicyclic amines) is 1. The molecule has 1 spiro atoms. The number of aliphatic hydroxyl groups is 1. The monoisotopic (exact) mass is 459 g/mol. The summed E-state index contributed by atoms with van der Waals surface area (Å²) in [6, 6.07) is 8.67. The van der Waals surface area contributed by atoms with Crippen LogP contribution in [0.2, 0.25) is 0 Å². The van der Waals surface area contributed by atoms with E-state index in [4.69, 9.17) is 0 Å². The zero-order valence-electron chi connectivity index (χ0n) is 18.9. The Balaban J connectivity index is 1.67. The zero-order valence-corrected chi connectivity index (χ0v) is 19.7. The Morgan fingerprint density at radius 3 is 2.59 bits per heavy atom. The molecule has 0 saturated carbocycles. The molecule has 1 aromatic rings. The molecule has 2 bridgehead atoms. The quantitative estimate of drug-likeness (QED) is 0.518. The minimum atomic E-state index is -0.599. The van der Waals surface area contributed by atoms with Crippen LogP contribution in [0.15, 0.2) is 30.3 Å². The summed E-state index contributed by atoms with van der Waals surface area (Å²) in [4.78, 5) is 42.3. The van der Waals surface area contributed by atoms with Crippen molar-refractivity contribution in [3.63, 3.8) is 0 Å². The summed E-state index contributed by atoms with van der Waals surface area (Å²) in [5.41, 5.74) is 0.715. The van der Waals surface area contributed by atoms with Crippen molar-refractivity contribution in [2.24, 2.45) is 17.8 Å². The Bertz CT molecular complexity index is 879. The fourth-order valence-electron chi connectivity index (χ4n) is 5.86. The van der Waals surface area contributed by atoms with Crippen LogP contribution >= 0.6 is 11.8 Å². The lowest BCUT2D eigenvalue weighted by Gasteiger charge is -2.39. The highest BCUT2D eigenvalue weighted by Crippen LogP contribution is 2.68. The first-order valence-corrected chi connectivity index (χ1v) is 12.4. The molecule has 3 aliphatic heterocycles. The second-order valence-electron chi connectivity index (χ2n) is 9.53. The van der Waals surface area contributed by atoms with Crippen LogP contribution < -0.4 is 10.6 Å². The van der Waals surface area contributed by atoms with Crippen LogP contribution in [0.3, 0.4) is 0 Å². The number of fused-ring (bicyclic) bond motifs is 1. The van der Waals surface area contributed by atoms with E-state index in [1.54, 1.807) is 16.7 Å². The van der Waals surface area contributed by atoms with Crippen molar-refractivity contribution in [1.82, 2.24) is 10.2 Å². The third kappa shape index (κ3) is 3.71. The Hall–Kier alpha value is -2.06. The van der Waals surface area contributed by atoms with Crippen LogP contribution in [-0.4, -0.2) is 63.0 Å². The largest absolute Gasteiger partial charge is 0.396 e. The van der Waals surface area contributed by atoms with E-state index in [0.29, 0.717) is 25.1 Å². The van der Waals surface area contributed by atoms with Crippen LogP contribution in [0, 0.1) is 17.8 Å². The lowest BCUT2D eigenvalue weighted by Crippen LogP contribution is -2.57. The van der Waals surface area contributed by atoms with Gasteiger partial charge in [-0.25, -0.2) is 0 Å². The molecule has 3 amide bonds. The molecular formula is C24H33N3O4S. The summed E-state index contributed by atoms with van der Waals surface area (Å²) >= 11 is 1.68. The second-order valence-corrected chi connectivity index (χ2v) is 11.1. The third-order valence-electron chi connectivity index (χ3n) is 7.08. The first kappa shape index (κ1) is 23.1. The molecule has 3 unspecified atom stereocenters. The molecule has 32 heavy (non-hydrogen) atoms. The van der Waals surface area contributed by atoms with Crippen LogP contribution in [0.5, 0.6) is 0 Å². The van der Waals surface area contributed by atoms with Gasteiger partial charge in [-0.1, -0.05) is 25.1 Å². The van der Waals surface area contributed by atoms with E-state index >= 15 is 0 Å². The molecular weight excluding hydrogens is 426 g/mol. The zero-order chi connectivity index (χ0) is 23.0. The van der Waals surface area contributed by atoms with Crippen LogP contribution in [0.25, 0.3) is 0 Å². The number of hydrogen-bond donors (Lipinski definition) is 3. The number of carbonyl (C=O) groups is 3. The highest BCUT2D eigenvalue weighted by atomic mass is 32.2. The summed E-state index contributed by atoms with van der Waals surface area (Å²) in [5.74, 6) is -1.19. The number of anilines is 1. The SMILES string of the molecule is CC(C)NC(=O)C1N(CCCCO)C(=O)[C@@H]2[C@H](C(=O)Nc3ccccc3)[C@@H]3CC(C)C12S3. The van der Waals surface area contributed by atoms with Gasteiger partial charge in [0.1, 0.15) is 6.04 Å². The maximum atomic E-state index is 13.8. The number of thioether (sulfide) groups is 1. The third-order valence-corrected chi connectivity index (χ3v) is 9.15. The average molecular weight is 460 g/mol. The van der Waals surface area contributed by atoms with E-state index in [2.05, 4.69) is 17.6 Å². The number of aliphatic hydroxyl groups excluding tert-OH is 1. The molecule has 174 valence electrons. The molecule has 8 heteroatoms. The summed E-state index contributed by atoms with van der Waals surface area (Å²) < 4.78 is -0.599. The topological polar surface area (TPSA) is 98.7 Å². The smallest absolute Gasteiger partial charge is 0.244 e. The summed E-state index contributed by atoms with van der Waals surface area (Å²) in [6.45, 7) is 6.41. The van der Waals surface area contributed by atoms with E-state index < -0.39 is 22.6 Å². The number of nitrogens with one attached hydrogen (secondary N) is 2.